The second-order valence-corrected chi connectivity index (χ2v) is 2.85. The van der Waals surface area contributed by atoms with Crippen LogP contribution in [0.1, 0.15) is 23.7 Å². The maximum Gasteiger partial charge on any atom is 0.252 e. The molecular formula is C10H14N2O. The second kappa shape index (κ2) is 4.62. The molecule has 1 aromatic carbocycles. The first-order valence-corrected chi connectivity index (χ1v) is 4.35. The maximum atomic E-state index is 11.4. The summed E-state index contributed by atoms with van der Waals surface area (Å²) in [6.07, 6.45) is 0.478. The number of nitrogens with two attached hydrogens (primary N) is 1. The van der Waals surface area contributed by atoms with Gasteiger partial charge >= 0.3 is 0 Å². The SMILES string of the molecule is CCC(N)NC(=O)c1ccccc1. The summed E-state index contributed by atoms with van der Waals surface area (Å²) in [5.41, 5.74) is 6.22. The van der Waals surface area contributed by atoms with Crippen LogP contribution < -0.4 is 11.1 Å². The van der Waals surface area contributed by atoms with E-state index < -0.39 is 0 Å². The van der Waals surface area contributed by atoms with Crippen LogP contribution in [0.2, 0.25) is 0 Å². The number of carbonyl (C=O) groups excluding carboxylic acids is 1. The van der Waals surface area contributed by atoms with Gasteiger partial charge in [-0.1, -0.05) is 25.1 Å². The largest absolute Gasteiger partial charge is 0.337 e. The molecule has 1 unspecified atom stereocenters. The molecule has 0 bridgehead atoms. The Morgan fingerprint density at radius 3 is 2.62 bits per heavy atom. The van der Waals surface area contributed by atoms with Crippen molar-refractivity contribution < 1.29 is 4.79 Å². The highest BCUT2D eigenvalue weighted by atomic mass is 16.1. The van der Waals surface area contributed by atoms with E-state index in [4.69, 9.17) is 5.73 Å². The monoisotopic (exact) mass is 178 g/mol. The Kier molecular flexibility index (Phi) is 3.46. The molecule has 0 aliphatic carbocycles. The summed E-state index contributed by atoms with van der Waals surface area (Å²) < 4.78 is 0. The second-order valence-electron chi connectivity index (χ2n) is 2.85. The zero-order valence-electron chi connectivity index (χ0n) is 7.66. The number of hydrogen-bond donors (Lipinski definition) is 2. The molecule has 0 saturated heterocycles. The summed E-state index contributed by atoms with van der Waals surface area (Å²) in [4.78, 5) is 11.4. The molecule has 1 aromatic rings. The lowest BCUT2D eigenvalue weighted by molar-refractivity contribution is 0.0937. The Morgan fingerprint density at radius 2 is 2.08 bits per heavy atom. The molecule has 0 aliphatic heterocycles. The normalized spacial score (nSPS) is 12.2. The lowest BCUT2D eigenvalue weighted by Crippen LogP contribution is -2.40. The molecule has 1 atom stereocenters. The van der Waals surface area contributed by atoms with E-state index in [1.807, 2.05) is 25.1 Å². The highest BCUT2D eigenvalue weighted by molar-refractivity contribution is 5.94. The molecule has 3 heteroatoms. The topological polar surface area (TPSA) is 55.1 Å². The molecule has 1 rings (SSSR count). The zero-order chi connectivity index (χ0) is 9.68. The fourth-order valence-electron chi connectivity index (χ4n) is 0.943. The van der Waals surface area contributed by atoms with Gasteiger partial charge in [-0.05, 0) is 18.6 Å². The van der Waals surface area contributed by atoms with E-state index in [2.05, 4.69) is 5.32 Å². The van der Waals surface area contributed by atoms with E-state index in [0.717, 1.165) is 6.42 Å². The van der Waals surface area contributed by atoms with Crippen molar-refractivity contribution in [2.75, 3.05) is 0 Å². The maximum absolute atomic E-state index is 11.4. The number of rotatable bonds is 3. The molecular weight excluding hydrogens is 164 g/mol. The number of carbonyl (C=O) groups is 1. The molecule has 70 valence electrons. The van der Waals surface area contributed by atoms with Gasteiger partial charge in [-0.25, -0.2) is 0 Å². The number of amides is 1. The Hall–Kier alpha value is -1.35. The van der Waals surface area contributed by atoms with E-state index in [9.17, 15) is 4.79 Å². The smallest absolute Gasteiger partial charge is 0.252 e. The van der Waals surface area contributed by atoms with Crippen LogP contribution in [0.15, 0.2) is 30.3 Å². The van der Waals surface area contributed by atoms with Crippen LogP contribution in [-0.4, -0.2) is 12.1 Å². The van der Waals surface area contributed by atoms with Crippen molar-refractivity contribution in [1.29, 1.82) is 0 Å². The van der Waals surface area contributed by atoms with Crippen LogP contribution in [0.5, 0.6) is 0 Å². The number of hydrogen-bond acceptors (Lipinski definition) is 2. The molecule has 0 spiro atoms. The van der Waals surface area contributed by atoms with Crippen molar-refractivity contribution in [1.82, 2.24) is 5.32 Å². The van der Waals surface area contributed by atoms with Gasteiger partial charge in [0.15, 0.2) is 0 Å². The summed E-state index contributed by atoms with van der Waals surface area (Å²) in [5, 5.41) is 2.68. The minimum atomic E-state index is -0.257. The van der Waals surface area contributed by atoms with Crippen molar-refractivity contribution in [3.05, 3.63) is 35.9 Å². The molecule has 0 aliphatic rings. The van der Waals surface area contributed by atoms with Crippen LogP contribution in [0.3, 0.4) is 0 Å². The van der Waals surface area contributed by atoms with E-state index in [-0.39, 0.29) is 12.1 Å². The molecule has 0 saturated carbocycles. The van der Waals surface area contributed by atoms with Crippen LogP contribution in [0.4, 0.5) is 0 Å². The average molecular weight is 178 g/mol. The molecule has 3 nitrogen and oxygen atoms in total. The molecule has 13 heavy (non-hydrogen) atoms. The van der Waals surface area contributed by atoms with E-state index in [1.165, 1.54) is 0 Å². The Balaban J connectivity index is 2.59. The molecule has 1 amide bonds. The van der Waals surface area contributed by atoms with Gasteiger partial charge in [0.2, 0.25) is 0 Å². The minimum Gasteiger partial charge on any atom is -0.337 e. The van der Waals surface area contributed by atoms with Crippen molar-refractivity contribution in [2.45, 2.75) is 19.5 Å². The summed E-state index contributed by atoms with van der Waals surface area (Å²) in [7, 11) is 0. The van der Waals surface area contributed by atoms with Gasteiger partial charge in [-0.3, -0.25) is 4.79 Å². The van der Waals surface area contributed by atoms with Crippen LogP contribution >= 0.6 is 0 Å². The van der Waals surface area contributed by atoms with Gasteiger partial charge in [0.05, 0.1) is 6.17 Å². The van der Waals surface area contributed by atoms with Gasteiger partial charge in [0.1, 0.15) is 0 Å². The van der Waals surface area contributed by atoms with Gasteiger partial charge in [-0.15, -0.1) is 0 Å². The molecule has 0 heterocycles. The summed E-state index contributed by atoms with van der Waals surface area (Å²) >= 11 is 0. The van der Waals surface area contributed by atoms with Gasteiger partial charge in [0.25, 0.3) is 5.91 Å². The van der Waals surface area contributed by atoms with Gasteiger partial charge < -0.3 is 11.1 Å². The lowest BCUT2D eigenvalue weighted by Gasteiger charge is -2.10. The Bertz CT molecular complexity index is 272. The van der Waals surface area contributed by atoms with Crippen LogP contribution in [0.25, 0.3) is 0 Å². The molecule has 0 aromatic heterocycles. The predicted molar refractivity (Wildman–Crippen MR) is 52.2 cm³/mol. The quantitative estimate of drug-likeness (QED) is 0.681. The molecule has 0 radical (unpaired) electrons. The highest BCUT2D eigenvalue weighted by Gasteiger charge is 2.06. The van der Waals surface area contributed by atoms with Crippen molar-refractivity contribution in [3.8, 4) is 0 Å². The highest BCUT2D eigenvalue weighted by Crippen LogP contribution is 1.98. The molecule has 0 fully saturated rings. The standard InChI is InChI=1S/C10H14N2O/c1-2-9(11)12-10(13)8-6-4-3-5-7-8/h3-7,9H,2,11H2,1H3,(H,12,13). The Labute approximate surface area is 77.9 Å². The summed E-state index contributed by atoms with van der Waals surface area (Å²) in [6, 6.07) is 9.05. The number of benzene rings is 1. The third-order valence-electron chi connectivity index (χ3n) is 1.79. The van der Waals surface area contributed by atoms with Crippen LogP contribution in [-0.2, 0) is 0 Å². The third-order valence-corrected chi connectivity index (χ3v) is 1.79. The van der Waals surface area contributed by atoms with Gasteiger partial charge in [0, 0.05) is 5.56 Å². The van der Waals surface area contributed by atoms with Crippen molar-refractivity contribution >= 4 is 5.91 Å². The first-order chi connectivity index (χ1) is 6.24. The first kappa shape index (κ1) is 9.74. The third kappa shape index (κ3) is 2.87. The van der Waals surface area contributed by atoms with E-state index >= 15 is 0 Å². The summed E-state index contributed by atoms with van der Waals surface area (Å²) in [6.45, 7) is 1.93. The zero-order valence-corrected chi connectivity index (χ0v) is 7.66. The average Bonchev–Trinajstić information content (AvgIpc) is 2.19. The van der Waals surface area contributed by atoms with E-state index in [1.54, 1.807) is 12.1 Å². The number of nitrogens with one attached hydrogen (secondary N) is 1. The summed E-state index contributed by atoms with van der Waals surface area (Å²) in [5.74, 6) is -0.116. The van der Waals surface area contributed by atoms with E-state index in [0.29, 0.717) is 5.56 Å². The Morgan fingerprint density at radius 1 is 1.46 bits per heavy atom. The lowest BCUT2D eigenvalue weighted by atomic mass is 10.2. The first-order valence-electron chi connectivity index (χ1n) is 4.35. The van der Waals surface area contributed by atoms with Crippen LogP contribution in [0, 0.1) is 0 Å². The van der Waals surface area contributed by atoms with Crippen molar-refractivity contribution in [2.24, 2.45) is 5.73 Å². The minimum absolute atomic E-state index is 0.116. The van der Waals surface area contributed by atoms with Gasteiger partial charge in [-0.2, -0.15) is 0 Å². The molecule has 3 N–H and O–H groups in total. The predicted octanol–water partition coefficient (Wildman–Crippen LogP) is 1.11. The fourth-order valence-corrected chi connectivity index (χ4v) is 0.943. The van der Waals surface area contributed by atoms with Crippen molar-refractivity contribution in [3.63, 3.8) is 0 Å². The fraction of sp³-hybridized carbons (Fsp3) is 0.300.